The highest BCUT2D eigenvalue weighted by molar-refractivity contribution is 7.97. The number of carboxylic acid groups (broad SMARTS) is 1. The maximum Gasteiger partial charge on any atom is 0.320 e. The minimum atomic E-state index is -1.12. The Labute approximate surface area is 91.9 Å². The zero-order valence-electron chi connectivity index (χ0n) is 7.84. The van der Waals surface area contributed by atoms with Crippen LogP contribution in [-0.4, -0.2) is 34.7 Å². The fourth-order valence-electron chi connectivity index (χ4n) is 0.680. The van der Waals surface area contributed by atoms with Crippen LogP contribution >= 0.6 is 12.6 Å². The molecular formula is C8H12N2O4S. The minimum absolute atomic E-state index is 0.129. The Bertz CT molecular complexity index is 290. The van der Waals surface area contributed by atoms with Crippen LogP contribution < -0.4 is 11.1 Å². The molecule has 15 heavy (non-hydrogen) atoms. The molecule has 0 saturated heterocycles. The van der Waals surface area contributed by atoms with Crippen LogP contribution in [0.1, 0.15) is 6.42 Å². The molecule has 0 radical (unpaired) electrons. The van der Waals surface area contributed by atoms with Gasteiger partial charge in [0.15, 0.2) is 0 Å². The van der Waals surface area contributed by atoms with E-state index < -0.39 is 23.0 Å². The summed E-state index contributed by atoms with van der Waals surface area (Å²) in [7, 11) is 0. The number of aliphatic carboxylic acids is 1. The Morgan fingerprint density at radius 2 is 2.00 bits per heavy atom. The van der Waals surface area contributed by atoms with E-state index in [1.165, 1.54) is 0 Å². The van der Waals surface area contributed by atoms with Crippen LogP contribution in [0.4, 0.5) is 0 Å². The van der Waals surface area contributed by atoms with Gasteiger partial charge in [-0.1, -0.05) is 0 Å². The zero-order chi connectivity index (χ0) is 11.8. The van der Waals surface area contributed by atoms with E-state index in [1.54, 1.807) is 0 Å². The predicted molar refractivity (Wildman–Crippen MR) is 56.4 cm³/mol. The molecule has 0 bridgehead atoms. The Kier molecular flexibility index (Phi) is 6.39. The first kappa shape index (κ1) is 13.7. The zero-order valence-corrected chi connectivity index (χ0v) is 8.74. The summed E-state index contributed by atoms with van der Waals surface area (Å²) in [5, 5.41) is 10.3. The second kappa shape index (κ2) is 7.02. The lowest BCUT2D eigenvalue weighted by Gasteiger charge is -2.05. The highest BCUT2D eigenvalue weighted by atomic mass is 32.1. The molecule has 0 rings (SSSR count). The molecule has 0 aliphatic carbocycles. The van der Waals surface area contributed by atoms with E-state index in [-0.39, 0.29) is 13.0 Å². The Morgan fingerprint density at radius 1 is 1.40 bits per heavy atom. The second-order valence-corrected chi connectivity index (χ2v) is 3.14. The SMILES string of the molecule is N[C@H](CCNC(=O)/C=C/C(=O)S)C(=O)O. The maximum atomic E-state index is 10.9. The van der Waals surface area contributed by atoms with E-state index in [0.717, 1.165) is 12.2 Å². The molecule has 0 fully saturated rings. The van der Waals surface area contributed by atoms with Gasteiger partial charge < -0.3 is 16.2 Å². The van der Waals surface area contributed by atoms with Crippen LogP contribution in [0.3, 0.4) is 0 Å². The van der Waals surface area contributed by atoms with Gasteiger partial charge in [0.2, 0.25) is 11.0 Å². The molecule has 0 aliphatic heterocycles. The Hall–Kier alpha value is -1.34. The first-order valence-electron chi connectivity index (χ1n) is 4.10. The molecule has 0 aromatic heterocycles. The molecule has 0 heterocycles. The summed E-state index contributed by atoms with van der Waals surface area (Å²) in [6, 6.07) is -0.999. The number of carboxylic acids is 1. The summed E-state index contributed by atoms with van der Waals surface area (Å²) in [6.07, 6.45) is 2.14. The van der Waals surface area contributed by atoms with Crippen molar-refractivity contribution in [1.82, 2.24) is 5.32 Å². The van der Waals surface area contributed by atoms with Gasteiger partial charge in [0.1, 0.15) is 6.04 Å². The minimum Gasteiger partial charge on any atom is -0.480 e. The van der Waals surface area contributed by atoms with Gasteiger partial charge in [-0.2, -0.15) is 0 Å². The highest BCUT2D eigenvalue weighted by Crippen LogP contribution is 1.87. The average Bonchev–Trinajstić information content (AvgIpc) is 2.14. The molecule has 0 spiro atoms. The highest BCUT2D eigenvalue weighted by Gasteiger charge is 2.10. The summed E-state index contributed by atoms with van der Waals surface area (Å²) in [5.74, 6) is -1.61. The largest absolute Gasteiger partial charge is 0.480 e. The van der Waals surface area contributed by atoms with Gasteiger partial charge >= 0.3 is 5.97 Å². The molecule has 4 N–H and O–H groups in total. The van der Waals surface area contributed by atoms with Crippen molar-refractivity contribution in [3.63, 3.8) is 0 Å². The van der Waals surface area contributed by atoms with E-state index in [0.29, 0.717) is 0 Å². The fraction of sp³-hybridized carbons (Fsp3) is 0.375. The lowest BCUT2D eigenvalue weighted by atomic mass is 10.2. The van der Waals surface area contributed by atoms with Crippen LogP contribution in [-0.2, 0) is 14.4 Å². The molecule has 0 saturated carbocycles. The van der Waals surface area contributed by atoms with E-state index in [1.807, 2.05) is 0 Å². The van der Waals surface area contributed by atoms with Crippen LogP contribution in [0.2, 0.25) is 0 Å². The van der Waals surface area contributed by atoms with Gasteiger partial charge in [0.25, 0.3) is 0 Å². The van der Waals surface area contributed by atoms with Gasteiger partial charge in [-0.3, -0.25) is 14.4 Å². The number of nitrogens with two attached hydrogens (primary N) is 1. The number of rotatable bonds is 6. The number of amides is 1. The van der Waals surface area contributed by atoms with Gasteiger partial charge in [-0.05, 0) is 12.5 Å². The first-order chi connectivity index (χ1) is 6.93. The number of nitrogens with one attached hydrogen (secondary N) is 1. The summed E-state index contributed by atoms with van der Waals surface area (Å²) >= 11 is 3.42. The van der Waals surface area contributed by atoms with Crippen molar-refractivity contribution in [2.24, 2.45) is 5.73 Å². The molecule has 0 aliphatic rings. The van der Waals surface area contributed by atoms with Gasteiger partial charge in [-0.15, -0.1) is 12.6 Å². The topological polar surface area (TPSA) is 109 Å². The normalized spacial score (nSPS) is 12.4. The fourth-order valence-corrected chi connectivity index (χ4v) is 0.755. The molecule has 1 atom stereocenters. The van der Waals surface area contributed by atoms with Crippen LogP contribution in [0.25, 0.3) is 0 Å². The molecule has 0 aromatic rings. The van der Waals surface area contributed by atoms with Crippen molar-refractivity contribution in [1.29, 1.82) is 0 Å². The van der Waals surface area contributed by atoms with Gasteiger partial charge in [0.05, 0.1) is 0 Å². The summed E-state index contributed by atoms with van der Waals surface area (Å²) in [4.78, 5) is 31.5. The van der Waals surface area contributed by atoms with Crippen LogP contribution in [0.5, 0.6) is 0 Å². The lowest BCUT2D eigenvalue weighted by molar-refractivity contribution is -0.138. The van der Waals surface area contributed by atoms with Gasteiger partial charge in [-0.25, -0.2) is 0 Å². The Morgan fingerprint density at radius 3 is 2.47 bits per heavy atom. The number of carbonyl (C=O) groups is 3. The second-order valence-electron chi connectivity index (χ2n) is 2.70. The smallest absolute Gasteiger partial charge is 0.320 e. The molecule has 7 heteroatoms. The third-order valence-corrected chi connectivity index (χ3v) is 1.60. The number of hydrogen-bond donors (Lipinski definition) is 4. The van der Waals surface area contributed by atoms with Crippen molar-refractivity contribution >= 4 is 29.6 Å². The van der Waals surface area contributed by atoms with Crippen molar-refractivity contribution in [3.05, 3.63) is 12.2 Å². The van der Waals surface area contributed by atoms with Crippen molar-refractivity contribution in [3.8, 4) is 0 Å². The van der Waals surface area contributed by atoms with E-state index in [9.17, 15) is 14.4 Å². The standard InChI is InChI=1S/C8H12N2O4S/c9-5(8(13)14)3-4-10-6(11)1-2-7(12)15/h1-2,5H,3-4,9H2,(H,10,11)(H,12,15)(H,13,14)/b2-1+/t5-/m1/s1. The molecule has 1 amide bonds. The molecule has 0 aromatic carbocycles. The number of hydrogen-bond acceptors (Lipinski definition) is 4. The number of carbonyl (C=O) groups excluding carboxylic acids is 2. The third-order valence-electron chi connectivity index (χ3n) is 1.45. The monoisotopic (exact) mass is 232 g/mol. The summed E-state index contributed by atoms with van der Waals surface area (Å²) in [6.45, 7) is 0.136. The van der Waals surface area contributed by atoms with Crippen molar-refractivity contribution in [2.45, 2.75) is 12.5 Å². The van der Waals surface area contributed by atoms with E-state index >= 15 is 0 Å². The maximum absolute atomic E-state index is 10.9. The lowest BCUT2D eigenvalue weighted by Crippen LogP contribution is -2.35. The van der Waals surface area contributed by atoms with Crippen LogP contribution in [0.15, 0.2) is 12.2 Å². The molecule has 84 valence electrons. The first-order valence-corrected chi connectivity index (χ1v) is 4.55. The summed E-state index contributed by atoms with van der Waals surface area (Å²) < 4.78 is 0. The van der Waals surface area contributed by atoms with E-state index in [4.69, 9.17) is 10.8 Å². The summed E-state index contributed by atoms with van der Waals surface area (Å²) in [5.41, 5.74) is 5.19. The molecular weight excluding hydrogens is 220 g/mol. The number of thiol groups is 1. The van der Waals surface area contributed by atoms with Gasteiger partial charge in [0, 0.05) is 12.6 Å². The Balaban J connectivity index is 3.73. The average molecular weight is 232 g/mol. The van der Waals surface area contributed by atoms with Crippen LogP contribution in [0, 0.1) is 0 Å². The van der Waals surface area contributed by atoms with E-state index in [2.05, 4.69) is 17.9 Å². The van der Waals surface area contributed by atoms with Crippen molar-refractivity contribution in [2.75, 3.05) is 6.54 Å². The third kappa shape index (κ3) is 7.71. The molecule has 0 unspecified atom stereocenters. The van der Waals surface area contributed by atoms with Crippen molar-refractivity contribution < 1.29 is 19.5 Å². The quantitative estimate of drug-likeness (QED) is 0.344. The molecule has 6 nitrogen and oxygen atoms in total. The predicted octanol–water partition coefficient (Wildman–Crippen LogP) is -1.08.